The number of aromatic nitrogens is 2. The minimum Gasteiger partial charge on any atom is -0.370 e. The van der Waals surface area contributed by atoms with Gasteiger partial charge in [0, 0.05) is 13.1 Å². The van der Waals surface area contributed by atoms with Crippen LogP contribution in [0.1, 0.15) is 40.0 Å². The van der Waals surface area contributed by atoms with Gasteiger partial charge >= 0.3 is 0 Å². The molecule has 26 heavy (non-hydrogen) atoms. The van der Waals surface area contributed by atoms with Gasteiger partial charge in [0.15, 0.2) is 11.0 Å². The minimum atomic E-state index is -0.347. The van der Waals surface area contributed by atoms with Gasteiger partial charge < -0.3 is 4.90 Å². The van der Waals surface area contributed by atoms with E-state index in [4.69, 9.17) is 4.63 Å². The van der Waals surface area contributed by atoms with Gasteiger partial charge in [0.25, 0.3) is 11.8 Å². The molecule has 7 nitrogen and oxygen atoms in total. The van der Waals surface area contributed by atoms with E-state index in [-0.39, 0.29) is 11.8 Å². The fourth-order valence-corrected chi connectivity index (χ4v) is 3.82. The lowest BCUT2D eigenvalue weighted by Crippen LogP contribution is -2.31. The molecule has 0 N–H and O–H groups in total. The van der Waals surface area contributed by atoms with E-state index in [0.29, 0.717) is 27.8 Å². The van der Waals surface area contributed by atoms with Crippen molar-refractivity contribution < 1.29 is 14.2 Å². The molecule has 5 rings (SSSR count). The lowest BCUT2D eigenvalue weighted by Gasteiger charge is -2.29. The third-order valence-corrected chi connectivity index (χ3v) is 5.10. The van der Waals surface area contributed by atoms with Crippen molar-refractivity contribution in [3.05, 3.63) is 47.5 Å². The van der Waals surface area contributed by atoms with Gasteiger partial charge in [-0.3, -0.25) is 9.59 Å². The summed E-state index contributed by atoms with van der Waals surface area (Å²) in [6, 6.07) is 10.5. The molecule has 0 unspecified atom stereocenters. The van der Waals surface area contributed by atoms with E-state index in [0.717, 1.165) is 36.5 Å². The molecule has 0 saturated carbocycles. The monoisotopic (exact) mass is 348 g/mol. The number of carbonyl (C=O) groups is 2. The van der Waals surface area contributed by atoms with Crippen molar-refractivity contribution in [3.8, 4) is 0 Å². The highest BCUT2D eigenvalue weighted by Crippen LogP contribution is 2.36. The largest absolute Gasteiger partial charge is 0.370 e. The summed E-state index contributed by atoms with van der Waals surface area (Å²) in [5.41, 5.74) is 3.17. The number of hydrogen-bond acceptors (Lipinski definition) is 6. The van der Waals surface area contributed by atoms with Crippen LogP contribution in [0.4, 0.5) is 11.4 Å². The van der Waals surface area contributed by atoms with Crippen molar-refractivity contribution >= 4 is 34.2 Å². The summed E-state index contributed by atoms with van der Waals surface area (Å²) in [4.78, 5) is 29.0. The predicted octanol–water partition coefficient (Wildman–Crippen LogP) is 3.01. The lowest BCUT2D eigenvalue weighted by molar-refractivity contribution is 0.0926. The normalized spacial score (nSPS) is 17.2. The van der Waals surface area contributed by atoms with Crippen molar-refractivity contribution in [3.63, 3.8) is 0 Å². The zero-order valence-electron chi connectivity index (χ0n) is 14.0. The molecule has 7 heteroatoms. The van der Waals surface area contributed by atoms with Crippen LogP contribution in [0.25, 0.3) is 11.0 Å². The van der Waals surface area contributed by atoms with E-state index in [1.165, 1.54) is 6.42 Å². The van der Waals surface area contributed by atoms with E-state index >= 15 is 0 Å². The first-order valence-electron chi connectivity index (χ1n) is 8.74. The van der Waals surface area contributed by atoms with Crippen LogP contribution in [0.3, 0.4) is 0 Å². The van der Waals surface area contributed by atoms with E-state index in [9.17, 15) is 9.59 Å². The number of nitrogens with zero attached hydrogens (tertiary/aromatic N) is 4. The summed E-state index contributed by atoms with van der Waals surface area (Å²) in [7, 11) is 0. The van der Waals surface area contributed by atoms with Crippen molar-refractivity contribution in [2.45, 2.75) is 19.3 Å². The Morgan fingerprint density at radius 1 is 0.769 bits per heavy atom. The van der Waals surface area contributed by atoms with Gasteiger partial charge in [-0.25, -0.2) is 9.53 Å². The van der Waals surface area contributed by atoms with Crippen LogP contribution in [0.5, 0.6) is 0 Å². The van der Waals surface area contributed by atoms with E-state index in [2.05, 4.69) is 15.2 Å². The average Bonchev–Trinajstić information content (AvgIpc) is 3.27. The predicted molar refractivity (Wildman–Crippen MR) is 95.5 cm³/mol. The van der Waals surface area contributed by atoms with E-state index < -0.39 is 0 Å². The molecule has 2 aliphatic rings. The number of fused-ring (bicyclic) bond motifs is 2. The van der Waals surface area contributed by atoms with Crippen molar-refractivity contribution in [2.75, 3.05) is 22.9 Å². The van der Waals surface area contributed by atoms with Gasteiger partial charge in [0.05, 0.1) is 22.5 Å². The Kier molecular flexibility index (Phi) is 3.28. The Morgan fingerprint density at radius 2 is 1.35 bits per heavy atom. The Morgan fingerprint density at radius 3 is 2.00 bits per heavy atom. The summed E-state index contributed by atoms with van der Waals surface area (Å²) in [5.74, 6) is -0.693. The molecule has 0 radical (unpaired) electrons. The van der Waals surface area contributed by atoms with Gasteiger partial charge in [-0.1, -0.05) is 12.1 Å². The quantitative estimate of drug-likeness (QED) is 0.662. The maximum absolute atomic E-state index is 12.8. The minimum absolute atomic E-state index is 0.347. The average molecular weight is 348 g/mol. The molecule has 3 aromatic rings. The molecule has 2 aliphatic heterocycles. The zero-order valence-corrected chi connectivity index (χ0v) is 14.0. The molecule has 1 aromatic heterocycles. The molecule has 1 saturated heterocycles. The molecule has 2 amide bonds. The molecule has 130 valence electrons. The zero-order chi connectivity index (χ0) is 17.7. The summed E-state index contributed by atoms with van der Waals surface area (Å²) in [6.07, 6.45) is 3.49. The number of rotatable bonds is 2. The standard InChI is InChI=1S/C19H16N4O3/c24-18-12-6-2-3-7-13(12)19(25)23(18)15-9-8-14(16-17(15)21-26-20-16)22-10-4-1-5-11-22/h2-3,6-9H,1,4-5,10-11H2. The second-order valence-electron chi connectivity index (χ2n) is 6.60. The van der Waals surface area contributed by atoms with Crippen LogP contribution in [0.15, 0.2) is 41.0 Å². The Bertz CT molecular complexity index is 1000. The topological polar surface area (TPSA) is 79.5 Å². The second kappa shape index (κ2) is 5.66. The first-order chi connectivity index (χ1) is 12.8. The van der Waals surface area contributed by atoms with Crippen molar-refractivity contribution in [2.24, 2.45) is 0 Å². The first-order valence-corrected chi connectivity index (χ1v) is 8.74. The van der Waals surface area contributed by atoms with Gasteiger partial charge in [-0.15, -0.1) is 0 Å². The molecule has 0 bridgehead atoms. The molecule has 1 fully saturated rings. The molecular weight excluding hydrogens is 332 g/mol. The maximum atomic E-state index is 12.8. The highest BCUT2D eigenvalue weighted by atomic mass is 16.6. The summed E-state index contributed by atoms with van der Waals surface area (Å²) >= 11 is 0. The highest BCUT2D eigenvalue weighted by molar-refractivity contribution is 6.35. The Hall–Kier alpha value is -3.22. The van der Waals surface area contributed by atoms with Gasteiger partial charge in [0.2, 0.25) is 0 Å². The Labute approximate surface area is 149 Å². The van der Waals surface area contributed by atoms with Crippen molar-refractivity contribution in [1.82, 2.24) is 10.3 Å². The van der Waals surface area contributed by atoms with Gasteiger partial charge in [0.1, 0.15) is 0 Å². The van der Waals surface area contributed by atoms with Crippen LogP contribution in [0, 0.1) is 0 Å². The molecule has 3 heterocycles. The Balaban J connectivity index is 1.62. The number of carbonyl (C=O) groups excluding carboxylic acids is 2. The smallest absolute Gasteiger partial charge is 0.266 e. The van der Waals surface area contributed by atoms with Gasteiger partial charge in [-0.05, 0) is 53.8 Å². The van der Waals surface area contributed by atoms with Crippen LogP contribution < -0.4 is 9.80 Å². The van der Waals surface area contributed by atoms with E-state index in [1.54, 1.807) is 30.3 Å². The first kappa shape index (κ1) is 15.1. The molecule has 0 spiro atoms. The van der Waals surface area contributed by atoms with Crippen LogP contribution >= 0.6 is 0 Å². The molecule has 2 aromatic carbocycles. The van der Waals surface area contributed by atoms with Gasteiger partial charge in [-0.2, -0.15) is 0 Å². The fourth-order valence-electron chi connectivity index (χ4n) is 3.82. The second-order valence-corrected chi connectivity index (χ2v) is 6.60. The number of piperidine rings is 1. The number of amides is 2. The fraction of sp³-hybridized carbons (Fsp3) is 0.263. The number of hydrogen-bond donors (Lipinski definition) is 0. The molecule has 0 atom stereocenters. The summed E-state index contributed by atoms with van der Waals surface area (Å²) < 4.78 is 4.97. The van der Waals surface area contributed by atoms with Crippen LogP contribution in [0.2, 0.25) is 0 Å². The lowest BCUT2D eigenvalue weighted by atomic mass is 10.1. The molecule has 0 aliphatic carbocycles. The van der Waals surface area contributed by atoms with Crippen molar-refractivity contribution in [1.29, 1.82) is 0 Å². The highest BCUT2D eigenvalue weighted by Gasteiger charge is 2.38. The maximum Gasteiger partial charge on any atom is 0.266 e. The van der Waals surface area contributed by atoms with Crippen LogP contribution in [-0.4, -0.2) is 35.2 Å². The number of benzene rings is 2. The number of imide groups is 1. The summed E-state index contributed by atoms with van der Waals surface area (Å²) in [6.45, 7) is 1.91. The van der Waals surface area contributed by atoms with Crippen LogP contribution in [-0.2, 0) is 0 Å². The number of anilines is 2. The molecular formula is C19H16N4O3. The third-order valence-electron chi connectivity index (χ3n) is 5.10. The van der Waals surface area contributed by atoms with E-state index in [1.807, 2.05) is 6.07 Å². The SMILES string of the molecule is O=C1c2ccccc2C(=O)N1c1ccc(N2CCCCC2)c2nonc12. The third kappa shape index (κ3) is 2.06. The summed E-state index contributed by atoms with van der Waals surface area (Å²) in [5, 5.41) is 8.04.